The number of rotatable bonds is 1. The third-order valence-electron chi connectivity index (χ3n) is 4.48. The monoisotopic (exact) mass is 293 g/mol. The van der Waals surface area contributed by atoms with E-state index in [4.69, 9.17) is 5.73 Å². The molecule has 2 N–H and O–H groups in total. The first-order valence-electron chi connectivity index (χ1n) is 6.80. The predicted octanol–water partition coefficient (Wildman–Crippen LogP) is 4.06. The molecule has 3 rings (SSSR count). The van der Waals surface area contributed by atoms with Crippen LogP contribution in [-0.4, -0.2) is 0 Å². The quantitative estimate of drug-likeness (QED) is 0.830. The molecular formula is C15H20BrN. The van der Waals surface area contributed by atoms with Crippen molar-refractivity contribution in [3.05, 3.63) is 33.3 Å². The van der Waals surface area contributed by atoms with Crippen LogP contribution in [0.15, 0.2) is 16.6 Å². The van der Waals surface area contributed by atoms with E-state index in [-0.39, 0.29) is 5.54 Å². The highest BCUT2D eigenvalue weighted by Crippen LogP contribution is 2.40. The average Bonchev–Trinajstić information content (AvgIpc) is 2.78. The van der Waals surface area contributed by atoms with E-state index in [1.165, 1.54) is 59.7 Å². The summed E-state index contributed by atoms with van der Waals surface area (Å²) in [5, 5.41) is 0. The number of benzene rings is 1. The van der Waals surface area contributed by atoms with Gasteiger partial charge in [-0.15, -0.1) is 0 Å². The molecule has 0 radical (unpaired) electrons. The molecule has 2 aliphatic carbocycles. The van der Waals surface area contributed by atoms with Gasteiger partial charge >= 0.3 is 0 Å². The Morgan fingerprint density at radius 2 is 1.71 bits per heavy atom. The van der Waals surface area contributed by atoms with Crippen LogP contribution in [-0.2, 0) is 18.4 Å². The van der Waals surface area contributed by atoms with Crippen molar-refractivity contribution in [3.63, 3.8) is 0 Å². The Balaban J connectivity index is 2.04. The van der Waals surface area contributed by atoms with Crippen LogP contribution in [0, 0.1) is 0 Å². The number of hydrogen-bond acceptors (Lipinski definition) is 1. The Labute approximate surface area is 112 Å². The van der Waals surface area contributed by atoms with Crippen molar-refractivity contribution in [1.29, 1.82) is 0 Å². The molecule has 92 valence electrons. The van der Waals surface area contributed by atoms with Gasteiger partial charge in [-0.25, -0.2) is 0 Å². The Bertz CT molecular complexity index is 433. The zero-order chi connectivity index (χ0) is 11.9. The van der Waals surface area contributed by atoms with Crippen molar-refractivity contribution >= 4 is 15.9 Å². The van der Waals surface area contributed by atoms with E-state index in [1.807, 2.05) is 0 Å². The first-order chi connectivity index (χ1) is 8.19. The molecule has 0 amide bonds. The fourth-order valence-electron chi connectivity index (χ4n) is 3.40. The van der Waals surface area contributed by atoms with Gasteiger partial charge in [0.1, 0.15) is 0 Å². The molecule has 1 aromatic rings. The minimum absolute atomic E-state index is 0.0466. The highest BCUT2D eigenvalue weighted by atomic mass is 79.9. The third kappa shape index (κ3) is 2.06. The van der Waals surface area contributed by atoms with Crippen LogP contribution in [0.3, 0.4) is 0 Å². The molecule has 2 heteroatoms. The fraction of sp³-hybridized carbons (Fsp3) is 0.600. The van der Waals surface area contributed by atoms with Gasteiger partial charge in [0.15, 0.2) is 0 Å². The highest BCUT2D eigenvalue weighted by Gasteiger charge is 2.32. The second-order valence-electron chi connectivity index (χ2n) is 5.67. The lowest BCUT2D eigenvalue weighted by Gasteiger charge is -2.27. The van der Waals surface area contributed by atoms with Crippen molar-refractivity contribution in [1.82, 2.24) is 0 Å². The van der Waals surface area contributed by atoms with E-state index in [1.54, 1.807) is 0 Å². The average molecular weight is 294 g/mol. The number of nitrogens with two attached hydrogens (primary N) is 1. The summed E-state index contributed by atoms with van der Waals surface area (Å²) in [4.78, 5) is 0. The van der Waals surface area contributed by atoms with Gasteiger partial charge in [0, 0.05) is 10.0 Å². The molecule has 0 saturated heterocycles. The van der Waals surface area contributed by atoms with Crippen LogP contribution >= 0.6 is 15.9 Å². The second kappa shape index (κ2) is 4.40. The summed E-state index contributed by atoms with van der Waals surface area (Å²) >= 11 is 3.75. The Hall–Kier alpha value is -0.340. The van der Waals surface area contributed by atoms with Crippen molar-refractivity contribution in [2.45, 2.75) is 56.9 Å². The summed E-state index contributed by atoms with van der Waals surface area (Å²) in [6.07, 6.45) is 10.00. The van der Waals surface area contributed by atoms with Crippen LogP contribution in [0.4, 0.5) is 0 Å². The topological polar surface area (TPSA) is 26.0 Å². The maximum Gasteiger partial charge on any atom is 0.0410 e. The van der Waals surface area contributed by atoms with E-state index in [2.05, 4.69) is 28.1 Å². The summed E-state index contributed by atoms with van der Waals surface area (Å²) < 4.78 is 1.29. The molecule has 1 aromatic carbocycles. The number of aryl methyl sites for hydroxylation is 1. The SMILES string of the molecule is NC1(c2cc(Br)c3c(c2)CCCC3)CCCC1. The standard InChI is InChI=1S/C15H20BrN/c16-14-10-12(15(17)7-3-4-8-15)9-11-5-1-2-6-13(11)14/h9-10H,1-8,17H2. The molecule has 1 fully saturated rings. The predicted molar refractivity (Wildman–Crippen MR) is 75.1 cm³/mol. The van der Waals surface area contributed by atoms with Gasteiger partial charge in [-0.05, 0) is 61.3 Å². The number of hydrogen-bond donors (Lipinski definition) is 1. The van der Waals surface area contributed by atoms with Gasteiger partial charge < -0.3 is 5.73 Å². The molecule has 0 atom stereocenters. The normalized spacial score (nSPS) is 22.5. The van der Waals surface area contributed by atoms with Gasteiger partial charge in [0.25, 0.3) is 0 Å². The maximum absolute atomic E-state index is 6.56. The van der Waals surface area contributed by atoms with E-state index in [0.717, 1.165) is 12.8 Å². The van der Waals surface area contributed by atoms with Gasteiger partial charge in [-0.1, -0.05) is 34.8 Å². The first-order valence-corrected chi connectivity index (χ1v) is 7.59. The zero-order valence-electron chi connectivity index (χ0n) is 10.3. The Morgan fingerprint density at radius 3 is 2.47 bits per heavy atom. The van der Waals surface area contributed by atoms with Crippen molar-refractivity contribution < 1.29 is 0 Å². The highest BCUT2D eigenvalue weighted by molar-refractivity contribution is 9.10. The molecule has 0 bridgehead atoms. The molecule has 17 heavy (non-hydrogen) atoms. The third-order valence-corrected chi connectivity index (χ3v) is 5.19. The molecule has 0 spiro atoms. The van der Waals surface area contributed by atoms with Gasteiger partial charge in [-0.2, -0.15) is 0 Å². The second-order valence-corrected chi connectivity index (χ2v) is 6.52. The van der Waals surface area contributed by atoms with Gasteiger partial charge in [0.05, 0.1) is 0 Å². The molecule has 0 aromatic heterocycles. The summed E-state index contributed by atoms with van der Waals surface area (Å²) in [6, 6.07) is 4.68. The molecule has 0 heterocycles. The summed E-state index contributed by atoms with van der Waals surface area (Å²) in [5.41, 5.74) is 10.9. The maximum atomic E-state index is 6.56. The smallest absolute Gasteiger partial charge is 0.0410 e. The molecule has 1 saturated carbocycles. The van der Waals surface area contributed by atoms with Gasteiger partial charge in [0.2, 0.25) is 0 Å². The van der Waals surface area contributed by atoms with Crippen molar-refractivity contribution in [2.75, 3.05) is 0 Å². The van der Waals surface area contributed by atoms with Crippen molar-refractivity contribution in [3.8, 4) is 0 Å². The van der Waals surface area contributed by atoms with Crippen LogP contribution in [0.2, 0.25) is 0 Å². The summed E-state index contributed by atoms with van der Waals surface area (Å²) in [7, 11) is 0. The minimum Gasteiger partial charge on any atom is -0.321 e. The molecular weight excluding hydrogens is 274 g/mol. The van der Waals surface area contributed by atoms with Crippen LogP contribution < -0.4 is 5.73 Å². The Morgan fingerprint density at radius 1 is 1.00 bits per heavy atom. The van der Waals surface area contributed by atoms with Crippen LogP contribution in [0.5, 0.6) is 0 Å². The lowest BCUT2D eigenvalue weighted by Crippen LogP contribution is -2.33. The van der Waals surface area contributed by atoms with Crippen LogP contribution in [0.25, 0.3) is 0 Å². The minimum atomic E-state index is -0.0466. The number of halogens is 1. The number of fused-ring (bicyclic) bond motifs is 1. The van der Waals surface area contributed by atoms with Crippen LogP contribution in [0.1, 0.15) is 55.2 Å². The first kappa shape index (κ1) is 11.7. The molecule has 2 aliphatic rings. The summed E-state index contributed by atoms with van der Waals surface area (Å²) in [6.45, 7) is 0. The molecule has 1 nitrogen and oxygen atoms in total. The van der Waals surface area contributed by atoms with E-state index < -0.39 is 0 Å². The molecule has 0 unspecified atom stereocenters. The van der Waals surface area contributed by atoms with Crippen molar-refractivity contribution in [2.24, 2.45) is 5.73 Å². The van der Waals surface area contributed by atoms with E-state index in [0.29, 0.717) is 0 Å². The largest absolute Gasteiger partial charge is 0.321 e. The lowest BCUT2D eigenvalue weighted by molar-refractivity contribution is 0.460. The summed E-state index contributed by atoms with van der Waals surface area (Å²) in [5.74, 6) is 0. The van der Waals surface area contributed by atoms with E-state index in [9.17, 15) is 0 Å². The fourth-order valence-corrected chi connectivity index (χ4v) is 4.10. The lowest BCUT2D eigenvalue weighted by atomic mass is 9.84. The van der Waals surface area contributed by atoms with E-state index >= 15 is 0 Å². The Kier molecular flexibility index (Phi) is 3.04. The van der Waals surface area contributed by atoms with Gasteiger partial charge in [-0.3, -0.25) is 0 Å². The zero-order valence-corrected chi connectivity index (χ0v) is 11.9. The molecule has 0 aliphatic heterocycles.